The van der Waals surface area contributed by atoms with E-state index in [0.29, 0.717) is 0 Å². The van der Waals surface area contributed by atoms with Gasteiger partial charge in [-0.3, -0.25) is 14.3 Å². The van der Waals surface area contributed by atoms with Gasteiger partial charge in [-0.05, 0) is 25.8 Å². The van der Waals surface area contributed by atoms with Gasteiger partial charge in [0.25, 0.3) is 5.56 Å². The Labute approximate surface area is 119 Å². The highest BCUT2D eigenvalue weighted by Crippen LogP contribution is 2.39. The number of rotatable bonds is 3. The second-order valence-corrected chi connectivity index (χ2v) is 5.11. The van der Waals surface area contributed by atoms with E-state index in [0.717, 1.165) is 18.5 Å². The molecule has 0 aromatic carbocycles. The molecule has 2 aromatic rings. The molecule has 2 heterocycles. The predicted octanol–water partition coefficient (Wildman–Crippen LogP) is 0.676. The molecule has 0 saturated heterocycles. The second kappa shape index (κ2) is 4.83. The van der Waals surface area contributed by atoms with E-state index in [1.165, 1.54) is 11.6 Å². The summed E-state index contributed by atoms with van der Waals surface area (Å²) in [6, 6.07) is 1.61. The Morgan fingerprint density at radius 1 is 1.48 bits per heavy atom. The van der Waals surface area contributed by atoms with Gasteiger partial charge in [0.1, 0.15) is 5.65 Å². The summed E-state index contributed by atoms with van der Waals surface area (Å²) in [5.74, 6) is -0.284. The van der Waals surface area contributed by atoms with Crippen LogP contribution in [-0.4, -0.2) is 27.1 Å². The average Bonchev–Trinajstić information content (AvgIpc) is 3.28. The number of pyridine rings is 1. The van der Waals surface area contributed by atoms with E-state index in [4.69, 9.17) is 4.74 Å². The molecule has 2 aromatic heterocycles. The van der Waals surface area contributed by atoms with Crippen LogP contribution in [0.5, 0.6) is 0 Å². The minimum atomic E-state index is -0.619. The van der Waals surface area contributed by atoms with Crippen LogP contribution >= 0.6 is 0 Å². The van der Waals surface area contributed by atoms with Gasteiger partial charge in [-0.2, -0.15) is 0 Å². The summed E-state index contributed by atoms with van der Waals surface area (Å²) >= 11 is 0. The molecule has 110 valence electrons. The standard InChI is InChI=1S/C14H15N3O4/c1-3-21-13(19)8-6-9(7-4-5-7)15-11-10(8)12(18)16-14(20)17(11)2/h6-7H,3-5H2,1-2H3,(H,16,18,20). The van der Waals surface area contributed by atoms with Crippen molar-refractivity contribution in [1.29, 1.82) is 0 Å². The Hall–Kier alpha value is -2.44. The lowest BCUT2D eigenvalue weighted by Gasteiger charge is -2.10. The summed E-state index contributed by atoms with van der Waals surface area (Å²) in [6.45, 7) is 1.91. The summed E-state index contributed by atoms with van der Waals surface area (Å²) in [5, 5.41) is 0.0972. The second-order valence-electron chi connectivity index (χ2n) is 5.11. The van der Waals surface area contributed by atoms with Gasteiger partial charge in [0.2, 0.25) is 0 Å². The highest BCUT2D eigenvalue weighted by atomic mass is 16.5. The van der Waals surface area contributed by atoms with Crippen molar-refractivity contribution in [2.24, 2.45) is 7.05 Å². The lowest BCUT2D eigenvalue weighted by Crippen LogP contribution is -2.30. The average molecular weight is 289 g/mol. The smallest absolute Gasteiger partial charge is 0.339 e. The third kappa shape index (κ3) is 2.24. The predicted molar refractivity (Wildman–Crippen MR) is 75.5 cm³/mol. The zero-order valence-electron chi connectivity index (χ0n) is 11.8. The molecule has 0 aliphatic heterocycles. The molecule has 0 unspecified atom stereocenters. The maximum atomic E-state index is 12.1. The summed E-state index contributed by atoms with van der Waals surface area (Å²) in [4.78, 5) is 42.5. The van der Waals surface area contributed by atoms with Gasteiger partial charge in [-0.1, -0.05) is 0 Å². The van der Waals surface area contributed by atoms with Gasteiger partial charge in [0.05, 0.1) is 17.6 Å². The van der Waals surface area contributed by atoms with Crippen LogP contribution in [0.3, 0.4) is 0 Å². The largest absolute Gasteiger partial charge is 0.462 e. The Kier molecular flexibility index (Phi) is 3.12. The molecular formula is C14H15N3O4. The number of fused-ring (bicyclic) bond motifs is 1. The van der Waals surface area contributed by atoms with Gasteiger partial charge in [0.15, 0.2) is 0 Å². The van der Waals surface area contributed by atoms with Crippen LogP contribution in [0.25, 0.3) is 11.0 Å². The van der Waals surface area contributed by atoms with Crippen molar-refractivity contribution < 1.29 is 9.53 Å². The molecule has 0 spiro atoms. The molecule has 0 atom stereocenters. The first-order valence-corrected chi connectivity index (χ1v) is 6.84. The van der Waals surface area contributed by atoms with Crippen molar-refractivity contribution in [3.05, 3.63) is 38.2 Å². The first-order chi connectivity index (χ1) is 10.0. The first kappa shape index (κ1) is 13.5. The molecule has 1 aliphatic carbocycles. The van der Waals surface area contributed by atoms with Crippen LogP contribution in [0.2, 0.25) is 0 Å². The molecular weight excluding hydrogens is 274 g/mol. The first-order valence-electron chi connectivity index (χ1n) is 6.84. The molecule has 7 nitrogen and oxygen atoms in total. The molecule has 1 saturated carbocycles. The molecule has 0 radical (unpaired) electrons. The monoisotopic (exact) mass is 289 g/mol. The highest BCUT2D eigenvalue weighted by molar-refractivity contribution is 6.02. The van der Waals surface area contributed by atoms with Crippen LogP contribution in [0, 0.1) is 0 Å². The van der Waals surface area contributed by atoms with Crippen LogP contribution in [-0.2, 0) is 11.8 Å². The number of carbonyl (C=O) groups is 1. The van der Waals surface area contributed by atoms with Crippen LogP contribution < -0.4 is 11.2 Å². The van der Waals surface area contributed by atoms with Gasteiger partial charge >= 0.3 is 11.7 Å². The number of aromatic nitrogens is 3. The number of esters is 1. The van der Waals surface area contributed by atoms with Crippen LogP contribution in [0.4, 0.5) is 0 Å². The number of ether oxygens (including phenoxy) is 1. The van der Waals surface area contributed by atoms with Gasteiger partial charge < -0.3 is 4.74 Å². The van der Waals surface area contributed by atoms with E-state index in [1.54, 1.807) is 13.0 Å². The number of hydrogen-bond acceptors (Lipinski definition) is 5. The van der Waals surface area contributed by atoms with E-state index >= 15 is 0 Å². The summed E-state index contributed by atoms with van der Waals surface area (Å²) in [6.07, 6.45) is 2.00. The van der Waals surface area contributed by atoms with Crippen LogP contribution in [0.1, 0.15) is 41.7 Å². The van der Waals surface area contributed by atoms with Crippen molar-refractivity contribution in [2.45, 2.75) is 25.7 Å². The number of hydrogen-bond donors (Lipinski definition) is 1. The van der Waals surface area contributed by atoms with Crippen molar-refractivity contribution in [3.63, 3.8) is 0 Å². The lowest BCUT2D eigenvalue weighted by molar-refractivity contribution is 0.0528. The van der Waals surface area contributed by atoms with Crippen molar-refractivity contribution >= 4 is 17.0 Å². The number of H-pyrrole nitrogens is 1. The maximum Gasteiger partial charge on any atom is 0.339 e. The molecule has 0 amide bonds. The third-order valence-corrected chi connectivity index (χ3v) is 3.58. The number of nitrogens with one attached hydrogen (secondary N) is 1. The quantitative estimate of drug-likeness (QED) is 0.838. The van der Waals surface area contributed by atoms with Crippen LogP contribution in [0.15, 0.2) is 15.7 Å². The fourth-order valence-corrected chi connectivity index (χ4v) is 2.32. The van der Waals surface area contributed by atoms with Crippen molar-refractivity contribution in [1.82, 2.24) is 14.5 Å². The zero-order chi connectivity index (χ0) is 15.1. The molecule has 7 heteroatoms. The SMILES string of the molecule is CCOC(=O)c1cc(C2CC2)nc2c1c(=O)[nH]c(=O)n2C. The topological polar surface area (TPSA) is 94.1 Å². The van der Waals surface area contributed by atoms with E-state index in [2.05, 4.69) is 9.97 Å². The molecule has 0 bridgehead atoms. The Morgan fingerprint density at radius 3 is 2.81 bits per heavy atom. The van der Waals surface area contributed by atoms with Gasteiger partial charge in [-0.25, -0.2) is 14.6 Å². The van der Waals surface area contributed by atoms with E-state index in [9.17, 15) is 14.4 Å². The third-order valence-electron chi connectivity index (χ3n) is 3.58. The maximum absolute atomic E-state index is 12.1. The van der Waals surface area contributed by atoms with Crippen molar-refractivity contribution in [2.75, 3.05) is 6.61 Å². The number of aromatic amines is 1. The van der Waals surface area contributed by atoms with Gasteiger partial charge in [0, 0.05) is 18.7 Å². The number of nitrogens with zero attached hydrogens (tertiary/aromatic N) is 2. The lowest BCUT2D eigenvalue weighted by atomic mass is 10.1. The molecule has 3 rings (SSSR count). The number of carbonyl (C=O) groups excluding carboxylic acids is 1. The van der Waals surface area contributed by atoms with E-state index in [-0.39, 0.29) is 29.1 Å². The Bertz CT molecular complexity index is 846. The minimum absolute atomic E-state index is 0.0972. The fourth-order valence-electron chi connectivity index (χ4n) is 2.32. The Morgan fingerprint density at radius 2 is 2.19 bits per heavy atom. The molecule has 1 N–H and O–H groups in total. The fraction of sp³-hybridized carbons (Fsp3) is 0.429. The molecule has 1 fully saturated rings. The van der Waals surface area contributed by atoms with E-state index in [1.807, 2.05) is 0 Å². The summed E-state index contributed by atoms with van der Waals surface area (Å²) in [7, 11) is 1.51. The zero-order valence-corrected chi connectivity index (χ0v) is 11.8. The summed E-state index contributed by atoms with van der Waals surface area (Å²) in [5.41, 5.74) is -0.0586. The number of aryl methyl sites for hydroxylation is 1. The van der Waals surface area contributed by atoms with Gasteiger partial charge in [-0.15, -0.1) is 0 Å². The molecule has 21 heavy (non-hydrogen) atoms. The highest BCUT2D eigenvalue weighted by Gasteiger charge is 2.28. The van der Waals surface area contributed by atoms with E-state index < -0.39 is 17.2 Å². The normalized spacial score (nSPS) is 14.4. The summed E-state index contributed by atoms with van der Waals surface area (Å²) < 4.78 is 6.25. The molecule has 1 aliphatic rings. The minimum Gasteiger partial charge on any atom is -0.462 e. The Balaban J connectivity index is 2.38. The van der Waals surface area contributed by atoms with Crippen molar-refractivity contribution in [3.8, 4) is 0 Å².